The van der Waals surface area contributed by atoms with E-state index in [4.69, 9.17) is 4.74 Å². The van der Waals surface area contributed by atoms with Crippen molar-refractivity contribution in [1.82, 2.24) is 4.98 Å². The summed E-state index contributed by atoms with van der Waals surface area (Å²) < 4.78 is 6.01. The summed E-state index contributed by atoms with van der Waals surface area (Å²) in [6.07, 6.45) is 7.36. The number of anilines is 1. The number of amides is 1. The molecular formula is C39H50N2O5. The lowest BCUT2D eigenvalue weighted by molar-refractivity contribution is -0.150. The molecule has 0 radical (unpaired) electrons. The van der Waals surface area contributed by atoms with Crippen molar-refractivity contribution in [3.8, 4) is 0 Å². The first kappa shape index (κ1) is 32.5. The van der Waals surface area contributed by atoms with Crippen molar-refractivity contribution in [1.29, 1.82) is 0 Å². The number of H-pyrrole nitrogens is 1. The molecule has 4 aliphatic rings. The number of rotatable bonds is 8. The third-order valence-corrected chi connectivity index (χ3v) is 12.8. The number of Topliss-reactive ketones (excluding diaryl/α,β-unsaturated/α-hetero) is 2. The van der Waals surface area contributed by atoms with Gasteiger partial charge in [-0.25, -0.2) is 0 Å². The van der Waals surface area contributed by atoms with Gasteiger partial charge in [0.25, 0.3) is 0 Å². The molecule has 1 amide bonds. The van der Waals surface area contributed by atoms with Crippen LogP contribution in [0.1, 0.15) is 92.9 Å². The fourth-order valence-corrected chi connectivity index (χ4v) is 10.2. The Bertz CT molecular complexity index is 1630. The van der Waals surface area contributed by atoms with Crippen molar-refractivity contribution >= 4 is 40.0 Å². The van der Waals surface area contributed by atoms with Gasteiger partial charge in [0.2, 0.25) is 5.91 Å². The van der Waals surface area contributed by atoms with E-state index in [1.54, 1.807) is 0 Å². The molecule has 46 heavy (non-hydrogen) atoms. The number of nitrogens with one attached hydrogen (secondary N) is 2. The van der Waals surface area contributed by atoms with Gasteiger partial charge in [0.05, 0.1) is 5.92 Å². The number of carbonyl (C=O) groups is 4. The van der Waals surface area contributed by atoms with Gasteiger partial charge in [-0.15, -0.1) is 0 Å². The van der Waals surface area contributed by atoms with E-state index in [0.717, 1.165) is 59.0 Å². The molecule has 1 aromatic heterocycles. The van der Waals surface area contributed by atoms with Gasteiger partial charge in [0.15, 0.2) is 5.78 Å². The van der Waals surface area contributed by atoms with E-state index in [2.05, 4.69) is 37.7 Å². The number of aromatic amines is 1. The predicted molar refractivity (Wildman–Crippen MR) is 180 cm³/mol. The lowest BCUT2D eigenvalue weighted by atomic mass is 9.48. The molecule has 246 valence electrons. The molecular weight excluding hydrogens is 576 g/mol. The topological polar surface area (TPSA) is 105 Å². The Hall–Kier alpha value is -3.48. The standard InChI is InChI=1S/C39H50N2O5/c1-21(23(3)37(45)41-27-10-13-31-26(18-27)15-17-40-31)8-9-22(2)28-11-12-29-35-34(46-25(5)42)19-30-24(4)32(43)14-16-38(30,6)36(35)33(44)20-39(28,29)7/h10,13,15,17-18,22-24,28-30,34,40H,1,8-9,11-12,14,16,19-20H2,2-7H3,(H,41,45)/t22-,23+,24+,28-,29+,30+,34-,38+,39-/m1/s1. The Kier molecular flexibility index (Phi) is 8.43. The largest absolute Gasteiger partial charge is 0.458 e. The average molecular weight is 627 g/mol. The summed E-state index contributed by atoms with van der Waals surface area (Å²) >= 11 is 0. The van der Waals surface area contributed by atoms with Crippen molar-refractivity contribution < 1.29 is 23.9 Å². The number of carbonyl (C=O) groups excluding carboxylic acids is 4. The van der Waals surface area contributed by atoms with Crippen molar-refractivity contribution in [2.24, 2.45) is 46.3 Å². The van der Waals surface area contributed by atoms with Crippen molar-refractivity contribution in [2.75, 3.05) is 5.32 Å². The highest BCUT2D eigenvalue weighted by Crippen LogP contribution is 2.65. The molecule has 0 aliphatic heterocycles. The number of ketones is 2. The fourth-order valence-electron chi connectivity index (χ4n) is 10.2. The van der Waals surface area contributed by atoms with Crippen LogP contribution < -0.4 is 5.32 Å². The zero-order valence-corrected chi connectivity index (χ0v) is 28.3. The van der Waals surface area contributed by atoms with Crippen LogP contribution in [0.2, 0.25) is 0 Å². The summed E-state index contributed by atoms with van der Waals surface area (Å²) in [6.45, 7) is 16.4. The van der Waals surface area contributed by atoms with Gasteiger partial charge >= 0.3 is 5.97 Å². The molecule has 0 bridgehead atoms. The lowest BCUT2D eigenvalue weighted by Crippen LogP contribution is -2.54. The quantitative estimate of drug-likeness (QED) is 0.228. The smallest absolute Gasteiger partial charge is 0.303 e. The van der Waals surface area contributed by atoms with Crippen LogP contribution >= 0.6 is 0 Å². The van der Waals surface area contributed by atoms with E-state index >= 15 is 0 Å². The molecule has 0 saturated heterocycles. The Labute approximate surface area is 273 Å². The summed E-state index contributed by atoms with van der Waals surface area (Å²) in [5.74, 6) is 0.413. The van der Waals surface area contributed by atoms with Crippen LogP contribution in [0.25, 0.3) is 10.9 Å². The number of allylic oxidation sites excluding steroid dienone is 1. The van der Waals surface area contributed by atoms with Crippen LogP contribution in [0.4, 0.5) is 5.69 Å². The normalized spacial score (nSPS) is 33.6. The number of ether oxygens (including phenoxy) is 1. The third kappa shape index (κ3) is 5.37. The molecule has 4 aliphatic carbocycles. The summed E-state index contributed by atoms with van der Waals surface area (Å²) in [4.78, 5) is 55.8. The van der Waals surface area contributed by atoms with E-state index in [9.17, 15) is 19.2 Å². The number of fused-ring (bicyclic) bond motifs is 5. The van der Waals surface area contributed by atoms with Crippen LogP contribution in [0, 0.1) is 46.3 Å². The molecule has 2 N–H and O–H groups in total. The molecule has 2 fully saturated rings. The van der Waals surface area contributed by atoms with E-state index in [-0.39, 0.29) is 57.9 Å². The van der Waals surface area contributed by atoms with Crippen molar-refractivity contribution in [2.45, 2.75) is 99.0 Å². The summed E-state index contributed by atoms with van der Waals surface area (Å²) in [5.41, 5.74) is 4.08. The SMILES string of the molecule is C=C(CC[C@@H](C)[C@H]1CC[C@H]2C3=C(C(=O)C[C@]12C)[C@@]1(C)CCC(=O)[C@@H](C)[C@@H]1C[C@H]3OC(C)=O)[C@H](C)C(=O)Nc1ccc2[nH]ccc2c1. The van der Waals surface area contributed by atoms with Crippen LogP contribution in [-0.4, -0.2) is 34.5 Å². The average Bonchev–Trinajstić information content (AvgIpc) is 3.61. The fraction of sp³-hybridized carbons (Fsp3) is 0.590. The third-order valence-electron chi connectivity index (χ3n) is 12.8. The van der Waals surface area contributed by atoms with Gasteiger partial charge in [-0.05, 0) is 104 Å². The molecule has 2 saturated carbocycles. The Balaban J connectivity index is 1.17. The highest BCUT2D eigenvalue weighted by atomic mass is 16.5. The molecule has 6 rings (SSSR count). The molecule has 7 heteroatoms. The maximum absolute atomic E-state index is 14.3. The number of esters is 1. The van der Waals surface area contributed by atoms with E-state index < -0.39 is 6.10 Å². The molecule has 7 nitrogen and oxygen atoms in total. The van der Waals surface area contributed by atoms with Gasteiger partial charge in [0.1, 0.15) is 11.9 Å². The van der Waals surface area contributed by atoms with E-state index in [1.807, 2.05) is 44.3 Å². The second-order valence-corrected chi connectivity index (χ2v) is 15.5. The highest BCUT2D eigenvalue weighted by Gasteiger charge is 2.62. The number of benzene rings is 1. The summed E-state index contributed by atoms with van der Waals surface area (Å²) in [6, 6.07) is 7.83. The van der Waals surface area contributed by atoms with Gasteiger partial charge in [-0.1, -0.05) is 39.8 Å². The van der Waals surface area contributed by atoms with Crippen molar-refractivity contribution in [3.63, 3.8) is 0 Å². The Morgan fingerprint density at radius 1 is 1.15 bits per heavy atom. The van der Waals surface area contributed by atoms with Gasteiger partial charge in [-0.2, -0.15) is 0 Å². The summed E-state index contributed by atoms with van der Waals surface area (Å²) in [5, 5.41) is 4.11. The van der Waals surface area contributed by atoms with Gasteiger partial charge in [-0.3, -0.25) is 19.2 Å². The minimum absolute atomic E-state index is 0.00280. The number of hydrogen-bond acceptors (Lipinski definition) is 5. The minimum Gasteiger partial charge on any atom is -0.458 e. The molecule has 1 aromatic carbocycles. The molecule has 1 heterocycles. The first-order valence-corrected chi connectivity index (χ1v) is 17.3. The summed E-state index contributed by atoms with van der Waals surface area (Å²) in [7, 11) is 0. The molecule has 0 unspecified atom stereocenters. The second-order valence-electron chi connectivity index (χ2n) is 15.5. The van der Waals surface area contributed by atoms with Crippen LogP contribution in [0.3, 0.4) is 0 Å². The first-order valence-electron chi connectivity index (χ1n) is 17.3. The van der Waals surface area contributed by atoms with E-state index in [0.29, 0.717) is 37.5 Å². The lowest BCUT2D eigenvalue weighted by Gasteiger charge is -2.56. The Morgan fingerprint density at radius 3 is 2.65 bits per heavy atom. The van der Waals surface area contributed by atoms with E-state index in [1.165, 1.54) is 6.92 Å². The first-order chi connectivity index (χ1) is 21.7. The van der Waals surface area contributed by atoms with Gasteiger partial charge < -0.3 is 15.0 Å². The van der Waals surface area contributed by atoms with Crippen LogP contribution in [-0.2, 0) is 23.9 Å². The van der Waals surface area contributed by atoms with Crippen molar-refractivity contribution in [3.05, 3.63) is 53.8 Å². The predicted octanol–water partition coefficient (Wildman–Crippen LogP) is 7.97. The minimum atomic E-state index is -0.446. The zero-order valence-electron chi connectivity index (χ0n) is 28.3. The highest BCUT2D eigenvalue weighted by molar-refractivity contribution is 6.00. The monoisotopic (exact) mass is 626 g/mol. The Morgan fingerprint density at radius 2 is 1.91 bits per heavy atom. The van der Waals surface area contributed by atoms with Crippen LogP contribution in [0.5, 0.6) is 0 Å². The number of aromatic nitrogens is 1. The van der Waals surface area contributed by atoms with Gasteiger partial charge in [0, 0.05) is 59.5 Å². The van der Waals surface area contributed by atoms with Crippen LogP contribution in [0.15, 0.2) is 53.8 Å². The zero-order chi connectivity index (χ0) is 33.1. The molecule has 2 aromatic rings. The maximum Gasteiger partial charge on any atom is 0.303 e. The second kappa shape index (κ2) is 12.0. The maximum atomic E-state index is 14.3. The molecule has 0 spiro atoms. The number of hydrogen-bond donors (Lipinski definition) is 2. The molecule has 9 atom stereocenters.